The molecule has 1 fully saturated rings. The highest BCUT2D eigenvalue weighted by atomic mass is 32.2. The average molecular weight is 398 g/mol. The normalized spacial score (nSPS) is 17.6. The van der Waals surface area contributed by atoms with Gasteiger partial charge >= 0.3 is 0 Å². The highest BCUT2D eigenvalue weighted by Crippen LogP contribution is 2.29. The van der Waals surface area contributed by atoms with Crippen molar-refractivity contribution in [2.24, 2.45) is 0 Å². The van der Waals surface area contributed by atoms with Gasteiger partial charge in [-0.15, -0.1) is 5.10 Å². The van der Waals surface area contributed by atoms with E-state index >= 15 is 0 Å². The fourth-order valence-corrected chi connectivity index (χ4v) is 4.29. The molecule has 28 heavy (non-hydrogen) atoms. The van der Waals surface area contributed by atoms with Gasteiger partial charge in [-0.25, -0.2) is 18.4 Å². The molecule has 1 atom stereocenters. The zero-order valence-electron chi connectivity index (χ0n) is 15.9. The molecule has 0 spiro atoms. The maximum Gasteiger partial charge on any atom is 0.175 e. The maximum atomic E-state index is 12.0. The van der Waals surface area contributed by atoms with Crippen LogP contribution < -0.4 is 9.80 Å². The van der Waals surface area contributed by atoms with Crippen molar-refractivity contribution in [1.82, 2.24) is 20.2 Å². The molecule has 0 bridgehead atoms. The Morgan fingerprint density at radius 2 is 2.07 bits per heavy atom. The number of likely N-dealkylation sites (N-methyl/N-ethyl adjacent to an activating group) is 1. The first-order chi connectivity index (χ1) is 13.4. The molecule has 2 aromatic heterocycles. The Morgan fingerprint density at radius 1 is 1.21 bits per heavy atom. The summed E-state index contributed by atoms with van der Waals surface area (Å²) in [7, 11) is -1.30. The van der Waals surface area contributed by atoms with Crippen molar-refractivity contribution in [2.75, 3.05) is 36.2 Å². The van der Waals surface area contributed by atoms with Crippen LogP contribution >= 0.6 is 0 Å². The molecule has 0 N–H and O–H groups in total. The van der Waals surface area contributed by atoms with Crippen LogP contribution in [0.4, 0.5) is 11.6 Å². The second kappa shape index (κ2) is 7.31. The van der Waals surface area contributed by atoms with Gasteiger partial charge in [-0.05, 0) is 43.2 Å². The Morgan fingerprint density at radius 3 is 2.82 bits per heavy atom. The average Bonchev–Trinajstić information content (AvgIpc) is 2.72. The molecular formula is C19H22N6O2S. The van der Waals surface area contributed by atoms with Crippen LogP contribution in [0.1, 0.15) is 12.8 Å². The van der Waals surface area contributed by atoms with Crippen LogP contribution in [0.2, 0.25) is 0 Å². The zero-order valence-corrected chi connectivity index (χ0v) is 16.7. The van der Waals surface area contributed by atoms with Crippen LogP contribution in [0, 0.1) is 0 Å². The van der Waals surface area contributed by atoms with Gasteiger partial charge in [0.1, 0.15) is 12.1 Å². The lowest BCUT2D eigenvalue weighted by atomic mass is 10.0. The first kappa shape index (κ1) is 18.5. The summed E-state index contributed by atoms with van der Waals surface area (Å²) in [5, 5.41) is 8.94. The summed E-state index contributed by atoms with van der Waals surface area (Å²) in [5.74, 6) is 1.61. The van der Waals surface area contributed by atoms with Gasteiger partial charge in [-0.3, -0.25) is 0 Å². The molecule has 4 rings (SSSR count). The van der Waals surface area contributed by atoms with Crippen LogP contribution in [0.5, 0.6) is 0 Å². The molecule has 1 aromatic carbocycles. The molecule has 0 saturated carbocycles. The van der Waals surface area contributed by atoms with Crippen molar-refractivity contribution in [2.45, 2.75) is 23.8 Å². The minimum Gasteiger partial charge on any atom is -0.354 e. The number of hydrogen-bond acceptors (Lipinski definition) is 8. The Labute approximate surface area is 164 Å². The zero-order chi connectivity index (χ0) is 19.7. The van der Waals surface area contributed by atoms with Gasteiger partial charge in [-0.1, -0.05) is 0 Å². The topological polar surface area (TPSA) is 92.2 Å². The molecular weight excluding hydrogens is 376 g/mol. The van der Waals surface area contributed by atoms with Crippen molar-refractivity contribution in [3.63, 3.8) is 0 Å². The number of piperidine rings is 1. The Bertz CT molecular complexity index is 1090. The van der Waals surface area contributed by atoms with Gasteiger partial charge < -0.3 is 9.80 Å². The number of fused-ring (bicyclic) bond motifs is 1. The van der Waals surface area contributed by atoms with E-state index in [1.165, 1.54) is 12.6 Å². The van der Waals surface area contributed by atoms with Crippen molar-refractivity contribution in [3.05, 3.63) is 42.9 Å². The van der Waals surface area contributed by atoms with Crippen molar-refractivity contribution >= 4 is 32.4 Å². The van der Waals surface area contributed by atoms with E-state index in [1.54, 1.807) is 24.4 Å². The van der Waals surface area contributed by atoms with Gasteiger partial charge in [-0.2, -0.15) is 5.10 Å². The van der Waals surface area contributed by atoms with E-state index in [0.717, 1.165) is 48.5 Å². The van der Waals surface area contributed by atoms with Gasteiger partial charge in [0.15, 0.2) is 15.7 Å². The van der Waals surface area contributed by atoms with Crippen LogP contribution in [-0.2, 0) is 9.84 Å². The number of anilines is 2. The Hall–Kier alpha value is -2.81. The third kappa shape index (κ3) is 3.62. The molecule has 146 valence electrons. The van der Waals surface area contributed by atoms with Crippen molar-refractivity contribution in [3.8, 4) is 0 Å². The summed E-state index contributed by atoms with van der Waals surface area (Å²) >= 11 is 0. The number of aromatic nitrogens is 4. The molecule has 9 heteroatoms. The lowest BCUT2D eigenvalue weighted by molar-refractivity contribution is 0.483. The van der Waals surface area contributed by atoms with E-state index in [0.29, 0.717) is 0 Å². The fraction of sp³-hybridized carbons (Fsp3) is 0.368. The predicted octanol–water partition coefficient (Wildman–Crippen LogP) is 1.93. The van der Waals surface area contributed by atoms with E-state index < -0.39 is 9.84 Å². The third-order valence-electron chi connectivity index (χ3n) is 5.17. The molecule has 1 aliphatic rings. The fourth-order valence-electron chi connectivity index (χ4n) is 3.65. The molecule has 1 saturated heterocycles. The second-order valence-corrected chi connectivity index (χ2v) is 9.10. The Kier molecular flexibility index (Phi) is 4.84. The van der Waals surface area contributed by atoms with Crippen molar-refractivity contribution in [1.29, 1.82) is 0 Å². The molecule has 3 heterocycles. The van der Waals surface area contributed by atoms with E-state index in [9.17, 15) is 8.42 Å². The number of benzene rings is 1. The summed E-state index contributed by atoms with van der Waals surface area (Å²) in [6, 6.07) is 9.06. The number of rotatable bonds is 4. The van der Waals surface area contributed by atoms with Crippen LogP contribution in [0.25, 0.3) is 10.9 Å². The highest BCUT2D eigenvalue weighted by Gasteiger charge is 2.26. The quantitative estimate of drug-likeness (QED) is 0.658. The minimum atomic E-state index is -3.30. The highest BCUT2D eigenvalue weighted by molar-refractivity contribution is 7.90. The number of nitrogens with zero attached hydrogens (tertiary/aromatic N) is 6. The van der Waals surface area contributed by atoms with E-state index in [4.69, 9.17) is 0 Å². The monoisotopic (exact) mass is 398 g/mol. The standard InChI is InChI=1S/C19H22N6O2S/c1-24(14-5-4-10-25(12-14)18-6-3-9-22-23-18)19-16-11-15(28(2,26)27)7-8-17(16)20-13-21-19/h3,6-9,11,13-14H,4-5,10,12H2,1-2H3. The smallest absolute Gasteiger partial charge is 0.175 e. The van der Waals surface area contributed by atoms with E-state index in [1.807, 2.05) is 19.2 Å². The van der Waals surface area contributed by atoms with Gasteiger partial charge in [0, 0.05) is 44.0 Å². The van der Waals surface area contributed by atoms with E-state index in [2.05, 4.69) is 30.0 Å². The Balaban J connectivity index is 1.67. The van der Waals surface area contributed by atoms with Crippen molar-refractivity contribution < 1.29 is 8.42 Å². The molecule has 0 radical (unpaired) electrons. The third-order valence-corrected chi connectivity index (χ3v) is 6.28. The molecule has 0 aliphatic carbocycles. The largest absolute Gasteiger partial charge is 0.354 e. The number of hydrogen-bond donors (Lipinski definition) is 0. The summed E-state index contributed by atoms with van der Waals surface area (Å²) in [4.78, 5) is 13.4. The van der Waals surface area contributed by atoms with Gasteiger partial charge in [0.2, 0.25) is 0 Å². The number of sulfone groups is 1. The molecule has 3 aromatic rings. The van der Waals surface area contributed by atoms with Gasteiger partial charge in [0.05, 0.1) is 10.4 Å². The molecule has 8 nitrogen and oxygen atoms in total. The van der Waals surface area contributed by atoms with Crippen LogP contribution in [-0.4, -0.2) is 61.0 Å². The maximum absolute atomic E-state index is 12.0. The summed E-state index contributed by atoms with van der Waals surface area (Å²) in [6.07, 6.45) is 6.45. The molecule has 1 unspecified atom stereocenters. The lowest BCUT2D eigenvalue weighted by Gasteiger charge is -2.38. The van der Waals surface area contributed by atoms with E-state index in [-0.39, 0.29) is 10.9 Å². The lowest BCUT2D eigenvalue weighted by Crippen LogP contribution is -2.47. The summed E-state index contributed by atoms with van der Waals surface area (Å²) < 4.78 is 24.0. The summed E-state index contributed by atoms with van der Waals surface area (Å²) in [6.45, 7) is 1.73. The molecule has 1 aliphatic heterocycles. The first-order valence-electron chi connectivity index (χ1n) is 9.14. The van der Waals surface area contributed by atoms with Crippen LogP contribution in [0.15, 0.2) is 47.8 Å². The van der Waals surface area contributed by atoms with Gasteiger partial charge in [0.25, 0.3) is 0 Å². The van der Waals surface area contributed by atoms with Crippen LogP contribution in [0.3, 0.4) is 0 Å². The summed E-state index contributed by atoms with van der Waals surface area (Å²) in [5.41, 5.74) is 0.728. The second-order valence-electron chi connectivity index (χ2n) is 7.08. The molecule has 0 amide bonds. The first-order valence-corrected chi connectivity index (χ1v) is 11.0. The predicted molar refractivity (Wildman–Crippen MR) is 108 cm³/mol. The SMILES string of the molecule is CN(c1ncnc2ccc(S(C)(=O)=O)cc12)C1CCCN(c2cccnn2)C1. The minimum absolute atomic E-state index is 0.218.